The Labute approximate surface area is 104 Å². The molecule has 1 heterocycles. The lowest BCUT2D eigenvalue weighted by Crippen LogP contribution is -2.23. The van der Waals surface area contributed by atoms with Crippen molar-refractivity contribution in [1.29, 1.82) is 0 Å². The summed E-state index contributed by atoms with van der Waals surface area (Å²) in [5, 5.41) is 6.66. The van der Waals surface area contributed by atoms with Gasteiger partial charge in [-0.3, -0.25) is 5.10 Å². The third-order valence-electron chi connectivity index (χ3n) is 2.14. The molecule has 0 amide bonds. The fourth-order valence-corrected chi connectivity index (χ4v) is 2.30. The maximum absolute atomic E-state index is 11.7. The maximum atomic E-state index is 11.7. The van der Waals surface area contributed by atoms with Crippen molar-refractivity contribution >= 4 is 21.6 Å². The minimum Gasteiger partial charge on any atom is -0.266 e. The van der Waals surface area contributed by atoms with Crippen LogP contribution in [0.4, 0.5) is 0 Å². The first kappa shape index (κ1) is 12.1. The third kappa shape index (κ3) is 3.06. The molecule has 0 saturated heterocycles. The van der Waals surface area contributed by atoms with Crippen LogP contribution in [0.5, 0.6) is 0 Å². The molecule has 0 aliphatic carbocycles. The van der Waals surface area contributed by atoms with Gasteiger partial charge in [-0.15, -0.1) is 0 Å². The van der Waals surface area contributed by atoms with Crippen LogP contribution in [0.15, 0.2) is 41.6 Å². The number of nitrogens with zero attached hydrogens (tertiary/aromatic N) is 1. The van der Waals surface area contributed by atoms with Crippen molar-refractivity contribution in [3.63, 3.8) is 0 Å². The van der Waals surface area contributed by atoms with Gasteiger partial charge in [-0.05, 0) is 23.8 Å². The Hall–Kier alpha value is -1.37. The van der Waals surface area contributed by atoms with Crippen molar-refractivity contribution in [2.24, 2.45) is 0 Å². The standard InChI is InChI=1S/C10H10ClN3O2S/c11-9-3-1-8(2-4-9)7-13-17(15,16)10-5-6-12-14-10/h1-6,13H,7H2,(H,12,14). The summed E-state index contributed by atoms with van der Waals surface area (Å²) in [6.07, 6.45) is 1.39. The van der Waals surface area contributed by atoms with E-state index in [1.807, 2.05) is 0 Å². The number of rotatable bonds is 4. The first-order valence-electron chi connectivity index (χ1n) is 4.81. The second kappa shape index (κ2) is 4.87. The molecule has 0 bridgehead atoms. The lowest BCUT2D eigenvalue weighted by Gasteiger charge is -2.04. The van der Waals surface area contributed by atoms with Gasteiger partial charge in [0.25, 0.3) is 10.0 Å². The second-order valence-corrected chi connectivity index (χ2v) is 5.54. The van der Waals surface area contributed by atoms with E-state index in [1.54, 1.807) is 24.3 Å². The van der Waals surface area contributed by atoms with Gasteiger partial charge in [-0.1, -0.05) is 23.7 Å². The number of aromatic amines is 1. The maximum Gasteiger partial charge on any atom is 0.257 e. The predicted molar refractivity (Wildman–Crippen MR) is 64.1 cm³/mol. The SMILES string of the molecule is O=S(=O)(NCc1ccc(Cl)cc1)c1ccn[nH]1. The van der Waals surface area contributed by atoms with Gasteiger partial charge in [0.05, 0.1) is 6.20 Å². The molecular weight excluding hydrogens is 262 g/mol. The van der Waals surface area contributed by atoms with Crippen LogP contribution in [-0.2, 0) is 16.6 Å². The number of nitrogens with one attached hydrogen (secondary N) is 2. The Bertz CT molecular complexity index is 579. The van der Waals surface area contributed by atoms with Gasteiger partial charge in [-0.25, -0.2) is 13.1 Å². The first-order valence-corrected chi connectivity index (χ1v) is 6.67. The number of hydrogen-bond donors (Lipinski definition) is 2. The molecule has 0 atom stereocenters. The molecule has 0 spiro atoms. The first-order chi connectivity index (χ1) is 8.08. The van der Waals surface area contributed by atoms with E-state index in [2.05, 4.69) is 14.9 Å². The predicted octanol–water partition coefficient (Wildman–Crippen LogP) is 1.54. The topological polar surface area (TPSA) is 74.8 Å². The number of H-pyrrole nitrogens is 1. The number of sulfonamides is 1. The summed E-state index contributed by atoms with van der Waals surface area (Å²) in [5.41, 5.74) is 0.831. The Balaban J connectivity index is 2.06. The molecule has 0 aliphatic rings. The summed E-state index contributed by atoms with van der Waals surface area (Å²) < 4.78 is 25.9. The molecule has 2 aromatic rings. The molecule has 0 aliphatic heterocycles. The molecular formula is C10H10ClN3O2S. The van der Waals surface area contributed by atoms with Crippen molar-refractivity contribution in [3.05, 3.63) is 47.1 Å². The average molecular weight is 272 g/mol. The van der Waals surface area contributed by atoms with Crippen LogP contribution in [0.3, 0.4) is 0 Å². The highest BCUT2D eigenvalue weighted by Gasteiger charge is 2.14. The van der Waals surface area contributed by atoms with Gasteiger partial charge in [0.15, 0.2) is 5.03 Å². The molecule has 2 N–H and O–H groups in total. The highest BCUT2D eigenvalue weighted by Crippen LogP contribution is 2.10. The van der Waals surface area contributed by atoms with Crippen LogP contribution in [-0.4, -0.2) is 18.6 Å². The Kier molecular flexibility index (Phi) is 3.46. The van der Waals surface area contributed by atoms with Crippen LogP contribution in [0.1, 0.15) is 5.56 Å². The zero-order chi connectivity index (χ0) is 12.3. The highest BCUT2D eigenvalue weighted by atomic mass is 35.5. The van der Waals surface area contributed by atoms with E-state index in [0.29, 0.717) is 5.02 Å². The van der Waals surface area contributed by atoms with Gasteiger partial charge in [0, 0.05) is 11.6 Å². The van der Waals surface area contributed by atoms with E-state index >= 15 is 0 Å². The molecule has 1 aromatic carbocycles. The van der Waals surface area contributed by atoms with Crippen LogP contribution >= 0.6 is 11.6 Å². The lowest BCUT2D eigenvalue weighted by molar-refractivity contribution is 0.577. The van der Waals surface area contributed by atoms with Crippen molar-refractivity contribution in [3.8, 4) is 0 Å². The van der Waals surface area contributed by atoms with Crippen LogP contribution in [0.2, 0.25) is 5.02 Å². The fourth-order valence-electron chi connectivity index (χ4n) is 1.25. The molecule has 0 saturated carbocycles. The Morgan fingerprint density at radius 1 is 1.24 bits per heavy atom. The van der Waals surface area contributed by atoms with E-state index in [4.69, 9.17) is 11.6 Å². The number of hydrogen-bond acceptors (Lipinski definition) is 3. The van der Waals surface area contributed by atoms with Gasteiger partial charge in [0.1, 0.15) is 0 Å². The van der Waals surface area contributed by atoms with E-state index in [9.17, 15) is 8.42 Å². The van der Waals surface area contributed by atoms with Crippen molar-refractivity contribution in [2.75, 3.05) is 0 Å². The van der Waals surface area contributed by atoms with Gasteiger partial charge in [-0.2, -0.15) is 5.10 Å². The Morgan fingerprint density at radius 3 is 2.53 bits per heavy atom. The molecule has 1 aromatic heterocycles. The minimum absolute atomic E-state index is 0.0477. The van der Waals surface area contributed by atoms with Gasteiger partial charge in [0.2, 0.25) is 0 Å². The second-order valence-electron chi connectivity index (χ2n) is 3.37. The number of aromatic nitrogens is 2. The number of halogens is 1. The zero-order valence-corrected chi connectivity index (χ0v) is 10.3. The third-order valence-corrected chi connectivity index (χ3v) is 3.73. The fraction of sp³-hybridized carbons (Fsp3) is 0.100. The molecule has 5 nitrogen and oxygen atoms in total. The van der Waals surface area contributed by atoms with Gasteiger partial charge < -0.3 is 0 Å². The summed E-state index contributed by atoms with van der Waals surface area (Å²) in [7, 11) is -3.53. The number of benzene rings is 1. The molecule has 2 rings (SSSR count). The summed E-state index contributed by atoms with van der Waals surface area (Å²) in [6, 6.07) is 8.34. The molecule has 0 radical (unpaired) electrons. The van der Waals surface area contributed by atoms with Crippen molar-refractivity contribution in [2.45, 2.75) is 11.6 Å². The normalized spacial score (nSPS) is 11.6. The van der Waals surface area contributed by atoms with Crippen molar-refractivity contribution < 1.29 is 8.42 Å². The average Bonchev–Trinajstić information content (AvgIpc) is 2.82. The van der Waals surface area contributed by atoms with E-state index < -0.39 is 10.0 Å². The zero-order valence-electron chi connectivity index (χ0n) is 8.72. The smallest absolute Gasteiger partial charge is 0.257 e. The Morgan fingerprint density at radius 2 is 1.94 bits per heavy atom. The van der Waals surface area contributed by atoms with E-state index in [-0.39, 0.29) is 11.6 Å². The van der Waals surface area contributed by atoms with Crippen molar-refractivity contribution in [1.82, 2.24) is 14.9 Å². The summed E-state index contributed by atoms with van der Waals surface area (Å²) in [4.78, 5) is 0. The summed E-state index contributed by atoms with van der Waals surface area (Å²) >= 11 is 5.73. The van der Waals surface area contributed by atoms with E-state index in [1.165, 1.54) is 12.3 Å². The molecule has 0 unspecified atom stereocenters. The quantitative estimate of drug-likeness (QED) is 0.886. The van der Waals surface area contributed by atoms with Crippen LogP contribution < -0.4 is 4.72 Å². The molecule has 17 heavy (non-hydrogen) atoms. The monoisotopic (exact) mass is 271 g/mol. The lowest BCUT2D eigenvalue weighted by atomic mass is 10.2. The van der Waals surface area contributed by atoms with Gasteiger partial charge >= 0.3 is 0 Å². The van der Waals surface area contributed by atoms with Crippen LogP contribution in [0, 0.1) is 0 Å². The molecule has 7 heteroatoms. The molecule has 90 valence electrons. The largest absolute Gasteiger partial charge is 0.266 e. The molecule has 0 fully saturated rings. The summed E-state index contributed by atoms with van der Waals surface area (Å²) in [6.45, 7) is 0.207. The highest BCUT2D eigenvalue weighted by molar-refractivity contribution is 7.89. The van der Waals surface area contributed by atoms with Crippen LogP contribution in [0.25, 0.3) is 0 Å². The summed E-state index contributed by atoms with van der Waals surface area (Å²) in [5.74, 6) is 0. The minimum atomic E-state index is -3.53. The van der Waals surface area contributed by atoms with E-state index in [0.717, 1.165) is 5.56 Å².